The Kier molecular flexibility index (Phi) is 13.4. The molecule has 1 aliphatic carbocycles. The highest BCUT2D eigenvalue weighted by Crippen LogP contribution is 2.58. The van der Waals surface area contributed by atoms with E-state index in [0.29, 0.717) is 0 Å². The monoisotopic (exact) mass is 510 g/mol. The van der Waals surface area contributed by atoms with E-state index >= 15 is 0 Å². The van der Waals surface area contributed by atoms with Gasteiger partial charge in [-0.2, -0.15) is 0 Å². The van der Waals surface area contributed by atoms with Gasteiger partial charge in [0.05, 0.1) is 0 Å². The van der Waals surface area contributed by atoms with E-state index in [-0.39, 0.29) is 10.8 Å². The van der Waals surface area contributed by atoms with Crippen molar-refractivity contribution >= 4 is 11.4 Å². The molecule has 0 bridgehead atoms. The minimum absolute atomic E-state index is 0.137. The zero-order valence-corrected chi connectivity index (χ0v) is 25.2. The predicted octanol–water partition coefficient (Wildman–Crippen LogP) is 10.00. The predicted molar refractivity (Wildman–Crippen MR) is 171 cm³/mol. The summed E-state index contributed by atoms with van der Waals surface area (Å²) >= 11 is 0. The summed E-state index contributed by atoms with van der Waals surface area (Å²) in [6.45, 7) is 18.4. The molecule has 0 heterocycles. The van der Waals surface area contributed by atoms with Gasteiger partial charge in [-0.05, 0) is 58.5 Å². The molecule has 0 amide bonds. The molecule has 5 rings (SSSR count). The average molecular weight is 511 g/mol. The van der Waals surface area contributed by atoms with Crippen molar-refractivity contribution in [1.29, 1.82) is 0 Å². The van der Waals surface area contributed by atoms with Crippen LogP contribution >= 0.6 is 0 Å². The van der Waals surface area contributed by atoms with E-state index in [1.165, 1.54) is 27.8 Å². The number of hydrogen-bond donors (Lipinski definition) is 2. The summed E-state index contributed by atoms with van der Waals surface area (Å²) in [5, 5.41) is 0. The number of benzene rings is 4. The number of rotatable bonds is 3. The van der Waals surface area contributed by atoms with Crippen LogP contribution in [0, 0.1) is 0 Å². The van der Waals surface area contributed by atoms with E-state index in [1.807, 2.05) is 79.7 Å². The first-order valence-corrected chi connectivity index (χ1v) is 14.4. The number of hydrogen-bond acceptors (Lipinski definition) is 2. The fourth-order valence-electron chi connectivity index (χ4n) is 5.34. The van der Waals surface area contributed by atoms with Crippen molar-refractivity contribution in [3.63, 3.8) is 0 Å². The molecule has 2 heteroatoms. The van der Waals surface area contributed by atoms with Crippen LogP contribution in [0.15, 0.2) is 103 Å². The molecule has 204 valence electrons. The minimum Gasteiger partial charge on any atom is -0.399 e. The van der Waals surface area contributed by atoms with Gasteiger partial charge in [0.25, 0.3) is 0 Å². The van der Waals surface area contributed by atoms with E-state index in [0.717, 1.165) is 17.8 Å². The van der Waals surface area contributed by atoms with E-state index in [4.69, 9.17) is 11.5 Å². The third-order valence-electron chi connectivity index (χ3n) is 6.82. The first-order valence-electron chi connectivity index (χ1n) is 14.4. The van der Waals surface area contributed by atoms with Crippen LogP contribution in [0.4, 0.5) is 11.4 Å². The molecule has 2 atom stereocenters. The summed E-state index contributed by atoms with van der Waals surface area (Å²) in [6, 6.07) is 36.5. The molecule has 4 aromatic carbocycles. The van der Waals surface area contributed by atoms with Crippen LogP contribution in [0.2, 0.25) is 0 Å². The second kappa shape index (κ2) is 15.7. The normalized spacial score (nSPS) is 18.4. The maximum absolute atomic E-state index is 6.05. The fourth-order valence-corrected chi connectivity index (χ4v) is 5.34. The van der Waals surface area contributed by atoms with E-state index < -0.39 is 0 Å². The second-order valence-electron chi connectivity index (χ2n) is 8.57. The standard InChI is InChI=1S/C28H26N2.4C2H6/c1-27(20-11-15-23(29)16-12-20)19-28(21-7-3-2-4-8-21,22-13-17-24(30)18-14-22)26-10-6-5-9-25(26)27;4*1-2/h2-18H,19,29-30H2,1H3;4*1-2H3. The second-order valence-corrected chi connectivity index (χ2v) is 8.57. The van der Waals surface area contributed by atoms with Gasteiger partial charge in [0.1, 0.15) is 0 Å². The third kappa shape index (κ3) is 6.30. The van der Waals surface area contributed by atoms with Gasteiger partial charge in [0.15, 0.2) is 0 Å². The van der Waals surface area contributed by atoms with E-state index in [9.17, 15) is 0 Å². The molecule has 1 aliphatic rings. The van der Waals surface area contributed by atoms with Crippen LogP contribution in [-0.4, -0.2) is 0 Å². The maximum Gasteiger partial charge on any atom is 0.0466 e. The SMILES string of the molecule is CC.CC.CC.CC.CC1(c2ccc(N)cc2)CC(c2ccccc2)(c2ccc(N)cc2)c2ccccc21. The Morgan fingerprint density at radius 1 is 0.447 bits per heavy atom. The molecule has 0 radical (unpaired) electrons. The molecule has 2 unspecified atom stereocenters. The highest BCUT2D eigenvalue weighted by molar-refractivity contribution is 5.63. The number of anilines is 2. The molecule has 38 heavy (non-hydrogen) atoms. The van der Waals surface area contributed by atoms with Gasteiger partial charge < -0.3 is 11.5 Å². The average Bonchev–Trinajstić information content (AvgIpc) is 3.29. The molecular weight excluding hydrogens is 460 g/mol. The summed E-state index contributed by atoms with van der Waals surface area (Å²) < 4.78 is 0. The van der Waals surface area contributed by atoms with Crippen molar-refractivity contribution < 1.29 is 0 Å². The number of nitrogen functional groups attached to an aromatic ring is 2. The third-order valence-corrected chi connectivity index (χ3v) is 6.82. The molecule has 0 aliphatic heterocycles. The highest BCUT2D eigenvalue weighted by atomic mass is 14.6. The van der Waals surface area contributed by atoms with Crippen molar-refractivity contribution in [3.8, 4) is 0 Å². The van der Waals surface area contributed by atoms with Gasteiger partial charge in [-0.1, -0.05) is 141 Å². The Morgan fingerprint density at radius 2 is 0.816 bits per heavy atom. The van der Waals surface area contributed by atoms with Crippen molar-refractivity contribution in [2.45, 2.75) is 79.6 Å². The summed E-state index contributed by atoms with van der Waals surface area (Å²) in [6.07, 6.45) is 0.942. The molecule has 0 saturated carbocycles. The Balaban J connectivity index is 0.000000829. The van der Waals surface area contributed by atoms with Crippen molar-refractivity contribution in [1.82, 2.24) is 0 Å². The molecule has 4 aromatic rings. The molecule has 2 nitrogen and oxygen atoms in total. The van der Waals surface area contributed by atoms with Crippen molar-refractivity contribution in [2.24, 2.45) is 0 Å². The molecular formula is C36H50N2. The fraction of sp³-hybridized carbons (Fsp3) is 0.333. The summed E-state index contributed by atoms with van der Waals surface area (Å²) in [5.74, 6) is 0. The van der Waals surface area contributed by atoms with Gasteiger partial charge >= 0.3 is 0 Å². The smallest absolute Gasteiger partial charge is 0.0466 e. The molecule has 0 spiro atoms. The Labute approximate surface area is 233 Å². The van der Waals surface area contributed by atoms with Gasteiger partial charge in [-0.25, -0.2) is 0 Å². The van der Waals surface area contributed by atoms with Crippen LogP contribution in [0.25, 0.3) is 0 Å². The maximum atomic E-state index is 6.05. The molecule has 4 N–H and O–H groups in total. The lowest BCUT2D eigenvalue weighted by Crippen LogP contribution is -2.30. The minimum atomic E-state index is -0.248. The largest absolute Gasteiger partial charge is 0.399 e. The van der Waals surface area contributed by atoms with E-state index in [2.05, 4.69) is 85.8 Å². The first-order chi connectivity index (χ1) is 18.5. The molecule has 0 aromatic heterocycles. The van der Waals surface area contributed by atoms with Crippen LogP contribution in [-0.2, 0) is 10.8 Å². The first kappa shape index (κ1) is 32.5. The topological polar surface area (TPSA) is 52.0 Å². The summed E-state index contributed by atoms with van der Waals surface area (Å²) in [5.41, 5.74) is 19.8. The molecule has 0 saturated heterocycles. The van der Waals surface area contributed by atoms with E-state index in [1.54, 1.807) is 0 Å². The van der Waals surface area contributed by atoms with Crippen LogP contribution in [0.3, 0.4) is 0 Å². The van der Waals surface area contributed by atoms with Gasteiger partial charge in [0, 0.05) is 22.2 Å². The van der Waals surface area contributed by atoms with Gasteiger partial charge in [-0.15, -0.1) is 0 Å². The van der Waals surface area contributed by atoms with Crippen LogP contribution in [0.5, 0.6) is 0 Å². The Bertz CT molecular complexity index is 1180. The Morgan fingerprint density at radius 3 is 1.29 bits per heavy atom. The zero-order valence-electron chi connectivity index (χ0n) is 25.2. The van der Waals surface area contributed by atoms with Crippen molar-refractivity contribution in [3.05, 3.63) is 131 Å². The lowest BCUT2D eigenvalue weighted by molar-refractivity contribution is 0.473. The quantitative estimate of drug-likeness (QED) is 0.269. The lowest BCUT2D eigenvalue weighted by atomic mass is 9.67. The van der Waals surface area contributed by atoms with Gasteiger partial charge in [0.2, 0.25) is 0 Å². The Hall–Kier alpha value is -3.52. The number of nitrogens with two attached hydrogens (primary N) is 2. The summed E-state index contributed by atoms with van der Waals surface area (Å²) in [4.78, 5) is 0. The van der Waals surface area contributed by atoms with Crippen LogP contribution < -0.4 is 11.5 Å². The number of fused-ring (bicyclic) bond motifs is 1. The van der Waals surface area contributed by atoms with Crippen LogP contribution in [0.1, 0.15) is 96.6 Å². The lowest BCUT2D eigenvalue weighted by Gasteiger charge is -2.35. The zero-order chi connectivity index (χ0) is 28.8. The highest BCUT2D eigenvalue weighted by Gasteiger charge is 2.52. The molecule has 0 fully saturated rings. The van der Waals surface area contributed by atoms with Crippen molar-refractivity contribution in [2.75, 3.05) is 11.5 Å². The summed E-state index contributed by atoms with van der Waals surface area (Å²) in [7, 11) is 0. The van der Waals surface area contributed by atoms with Gasteiger partial charge in [-0.3, -0.25) is 0 Å².